The molecule has 4 nitrogen and oxygen atoms in total. The average Bonchev–Trinajstić information content (AvgIpc) is 2.42. The van der Waals surface area contributed by atoms with Gasteiger partial charge in [-0.1, -0.05) is 18.2 Å². The quantitative estimate of drug-likeness (QED) is 0.743. The molecule has 0 spiro atoms. The number of aromatic hydroxyl groups is 1. The number of amides is 1. The van der Waals surface area contributed by atoms with Crippen LogP contribution in [0.3, 0.4) is 0 Å². The van der Waals surface area contributed by atoms with Gasteiger partial charge < -0.3 is 10.4 Å². The van der Waals surface area contributed by atoms with Gasteiger partial charge in [-0.05, 0) is 55.0 Å². The van der Waals surface area contributed by atoms with Gasteiger partial charge in [0.25, 0.3) is 5.91 Å². The van der Waals surface area contributed by atoms with Crippen molar-refractivity contribution in [3.63, 3.8) is 0 Å². The van der Waals surface area contributed by atoms with Crippen LogP contribution < -0.4 is 10.6 Å². The van der Waals surface area contributed by atoms with Gasteiger partial charge in [0.2, 0.25) is 0 Å². The number of rotatable bonds is 2. The Kier molecular flexibility index (Phi) is 4.32. The van der Waals surface area contributed by atoms with E-state index in [2.05, 4.69) is 10.6 Å². The number of carbonyl (C=O) groups is 1. The van der Waals surface area contributed by atoms with Crippen LogP contribution in [0.4, 0.5) is 5.69 Å². The second kappa shape index (κ2) is 6.16. The first-order chi connectivity index (χ1) is 9.56. The van der Waals surface area contributed by atoms with Crippen molar-refractivity contribution in [2.75, 3.05) is 5.32 Å². The van der Waals surface area contributed by atoms with Gasteiger partial charge in [0, 0.05) is 11.3 Å². The van der Waals surface area contributed by atoms with Gasteiger partial charge in [-0.3, -0.25) is 10.1 Å². The number of hydrogen-bond donors (Lipinski definition) is 3. The van der Waals surface area contributed by atoms with E-state index in [0.717, 1.165) is 11.3 Å². The Hall–Kier alpha value is -2.40. The lowest BCUT2D eigenvalue weighted by molar-refractivity contribution is 0.0977. The highest BCUT2D eigenvalue weighted by molar-refractivity contribution is 7.80. The maximum Gasteiger partial charge on any atom is 0.257 e. The minimum absolute atomic E-state index is 0.113. The molecule has 2 aromatic carbocycles. The third-order valence-corrected chi connectivity index (χ3v) is 2.95. The number of aryl methyl sites for hydroxylation is 1. The molecule has 3 N–H and O–H groups in total. The van der Waals surface area contributed by atoms with Crippen LogP contribution in [0.2, 0.25) is 0 Å². The number of para-hydroxylation sites is 1. The number of phenolic OH excluding ortho intramolecular Hbond substituents is 1. The fraction of sp³-hybridized carbons (Fsp3) is 0.0667. The first-order valence-electron chi connectivity index (χ1n) is 6.03. The summed E-state index contributed by atoms with van der Waals surface area (Å²) in [4.78, 5) is 11.9. The maximum atomic E-state index is 11.9. The van der Waals surface area contributed by atoms with Crippen LogP contribution in [0.5, 0.6) is 5.75 Å². The third-order valence-electron chi connectivity index (χ3n) is 2.75. The van der Waals surface area contributed by atoms with E-state index in [0.29, 0.717) is 5.56 Å². The van der Waals surface area contributed by atoms with Gasteiger partial charge in [0.15, 0.2) is 5.11 Å². The summed E-state index contributed by atoms with van der Waals surface area (Å²) in [6, 6.07) is 13.6. The molecule has 0 unspecified atom stereocenters. The van der Waals surface area contributed by atoms with Crippen molar-refractivity contribution in [2.24, 2.45) is 0 Å². The Morgan fingerprint density at radius 2 is 1.75 bits per heavy atom. The van der Waals surface area contributed by atoms with E-state index in [1.54, 1.807) is 0 Å². The Balaban J connectivity index is 2.00. The first-order valence-corrected chi connectivity index (χ1v) is 6.44. The largest absolute Gasteiger partial charge is 0.508 e. The smallest absolute Gasteiger partial charge is 0.257 e. The molecule has 1 amide bonds. The van der Waals surface area contributed by atoms with Gasteiger partial charge in [-0.25, -0.2) is 0 Å². The van der Waals surface area contributed by atoms with Crippen molar-refractivity contribution in [1.82, 2.24) is 5.32 Å². The van der Waals surface area contributed by atoms with Crippen LogP contribution in [-0.2, 0) is 0 Å². The van der Waals surface area contributed by atoms with E-state index in [-0.39, 0.29) is 16.8 Å². The van der Waals surface area contributed by atoms with Crippen LogP contribution in [-0.4, -0.2) is 16.1 Å². The normalized spacial score (nSPS) is 9.85. The van der Waals surface area contributed by atoms with Crippen LogP contribution >= 0.6 is 12.2 Å². The number of carbonyl (C=O) groups excluding carboxylic acids is 1. The molecule has 0 bridgehead atoms. The molecule has 0 heterocycles. The Morgan fingerprint density at radius 1 is 1.10 bits per heavy atom. The SMILES string of the molecule is Cc1ccccc1NC(=S)NC(=O)c1ccc(O)cc1. The predicted octanol–water partition coefficient (Wildman–Crippen LogP) is 2.83. The molecular formula is C15H14N2O2S. The predicted molar refractivity (Wildman–Crippen MR) is 83.0 cm³/mol. The zero-order valence-corrected chi connectivity index (χ0v) is 11.7. The minimum atomic E-state index is -0.323. The number of thiocarbonyl (C=S) groups is 1. The number of hydrogen-bond acceptors (Lipinski definition) is 3. The molecule has 2 aromatic rings. The highest BCUT2D eigenvalue weighted by atomic mass is 32.1. The van der Waals surface area contributed by atoms with E-state index in [1.807, 2.05) is 31.2 Å². The molecule has 0 aliphatic carbocycles. The topological polar surface area (TPSA) is 61.4 Å². The molecular weight excluding hydrogens is 272 g/mol. The molecule has 0 aliphatic heterocycles. The molecule has 0 atom stereocenters. The zero-order chi connectivity index (χ0) is 14.5. The monoisotopic (exact) mass is 286 g/mol. The van der Waals surface area contributed by atoms with Crippen molar-refractivity contribution in [2.45, 2.75) is 6.92 Å². The van der Waals surface area contributed by atoms with Crippen molar-refractivity contribution in [3.8, 4) is 5.75 Å². The summed E-state index contributed by atoms with van der Waals surface area (Å²) in [6.45, 7) is 1.95. The molecule has 5 heteroatoms. The fourth-order valence-corrected chi connectivity index (χ4v) is 1.86. The Morgan fingerprint density at radius 3 is 2.40 bits per heavy atom. The van der Waals surface area contributed by atoms with E-state index < -0.39 is 0 Å². The number of nitrogens with one attached hydrogen (secondary N) is 2. The first kappa shape index (κ1) is 14.0. The highest BCUT2D eigenvalue weighted by Gasteiger charge is 2.08. The van der Waals surface area contributed by atoms with Crippen molar-refractivity contribution in [3.05, 3.63) is 59.7 Å². The lowest BCUT2D eigenvalue weighted by Gasteiger charge is -2.11. The number of anilines is 1. The molecule has 2 rings (SSSR count). The molecule has 20 heavy (non-hydrogen) atoms. The summed E-state index contributed by atoms with van der Waals surface area (Å²) in [7, 11) is 0. The lowest BCUT2D eigenvalue weighted by Crippen LogP contribution is -2.34. The second-order valence-electron chi connectivity index (χ2n) is 4.27. The highest BCUT2D eigenvalue weighted by Crippen LogP contribution is 2.13. The fourth-order valence-electron chi connectivity index (χ4n) is 1.65. The van der Waals surface area contributed by atoms with Crippen molar-refractivity contribution < 1.29 is 9.90 Å². The summed E-state index contributed by atoms with van der Waals surface area (Å²) in [6.07, 6.45) is 0. The summed E-state index contributed by atoms with van der Waals surface area (Å²) in [5.41, 5.74) is 2.31. The van der Waals surface area contributed by atoms with Crippen LogP contribution in [0.25, 0.3) is 0 Å². The summed E-state index contributed by atoms with van der Waals surface area (Å²) in [5, 5.41) is 15.0. The van der Waals surface area contributed by atoms with Gasteiger partial charge in [0.1, 0.15) is 5.75 Å². The number of phenols is 1. The summed E-state index contributed by atoms with van der Waals surface area (Å²) in [5.74, 6) is -0.210. The summed E-state index contributed by atoms with van der Waals surface area (Å²) >= 11 is 5.11. The van der Waals surface area contributed by atoms with Gasteiger partial charge in [-0.2, -0.15) is 0 Å². The van der Waals surface area contributed by atoms with Crippen molar-refractivity contribution >= 4 is 28.9 Å². The molecule has 0 radical (unpaired) electrons. The van der Waals surface area contributed by atoms with Crippen molar-refractivity contribution in [1.29, 1.82) is 0 Å². The van der Waals surface area contributed by atoms with E-state index in [9.17, 15) is 9.90 Å². The third kappa shape index (κ3) is 3.55. The number of benzene rings is 2. The lowest BCUT2D eigenvalue weighted by atomic mass is 10.2. The van der Waals surface area contributed by atoms with E-state index in [4.69, 9.17) is 12.2 Å². The summed E-state index contributed by atoms with van der Waals surface area (Å²) < 4.78 is 0. The molecule has 0 saturated carbocycles. The van der Waals surface area contributed by atoms with E-state index >= 15 is 0 Å². The minimum Gasteiger partial charge on any atom is -0.508 e. The standard InChI is InChI=1S/C15H14N2O2S/c1-10-4-2-3-5-13(10)16-15(20)17-14(19)11-6-8-12(18)9-7-11/h2-9,18H,1H3,(H2,16,17,19,20). The Bertz CT molecular complexity index is 639. The second-order valence-corrected chi connectivity index (χ2v) is 4.68. The van der Waals surface area contributed by atoms with Crippen LogP contribution in [0.1, 0.15) is 15.9 Å². The maximum absolute atomic E-state index is 11.9. The van der Waals surface area contributed by atoms with Gasteiger partial charge in [-0.15, -0.1) is 0 Å². The van der Waals surface area contributed by atoms with Crippen LogP contribution in [0, 0.1) is 6.92 Å². The zero-order valence-electron chi connectivity index (χ0n) is 10.9. The van der Waals surface area contributed by atoms with Gasteiger partial charge in [0.05, 0.1) is 0 Å². The van der Waals surface area contributed by atoms with Gasteiger partial charge >= 0.3 is 0 Å². The Labute approximate surface area is 122 Å². The van der Waals surface area contributed by atoms with E-state index in [1.165, 1.54) is 24.3 Å². The molecule has 102 valence electrons. The molecule has 0 saturated heterocycles. The molecule has 0 aromatic heterocycles. The molecule has 0 aliphatic rings. The average molecular weight is 286 g/mol. The molecule has 0 fully saturated rings. The van der Waals surface area contributed by atoms with Crippen LogP contribution in [0.15, 0.2) is 48.5 Å².